The van der Waals surface area contributed by atoms with Crippen molar-refractivity contribution in [3.05, 3.63) is 75.8 Å². The van der Waals surface area contributed by atoms with Crippen molar-refractivity contribution < 1.29 is 14.4 Å². The largest absolute Gasteiger partial charge is 0.395 e. The second kappa shape index (κ2) is 9.64. The zero-order valence-electron chi connectivity index (χ0n) is 19.9. The van der Waals surface area contributed by atoms with Gasteiger partial charge in [-0.25, -0.2) is 0 Å². The van der Waals surface area contributed by atoms with Crippen molar-refractivity contribution >= 4 is 40.6 Å². The number of primary amides is 1. The Bertz CT molecular complexity index is 1210. The highest BCUT2D eigenvalue weighted by atomic mass is 32.1. The van der Waals surface area contributed by atoms with Gasteiger partial charge in [0.25, 0.3) is 11.8 Å². The zero-order chi connectivity index (χ0) is 25.2. The molecule has 0 bridgehead atoms. The minimum absolute atomic E-state index is 0.0371. The second-order valence-electron chi connectivity index (χ2n) is 9.20. The molecule has 3 aromatic rings. The molecule has 9 heteroatoms. The highest BCUT2D eigenvalue weighted by molar-refractivity contribution is 7.09. The summed E-state index contributed by atoms with van der Waals surface area (Å²) in [4.78, 5) is 40.7. The third-order valence-corrected chi connectivity index (χ3v) is 5.94. The molecule has 2 aromatic carbocycles. The van der Waals surface area contributed by atoms with E-state index in [2.05, 4.69) is 9.69 Å². The highest BCUT2D eigenvalue weighted by Crippen LogP contribution is 2.33. The molecular formula is C25H29N5O3S. The van der Waals surface area contributed by atoms with Gasteiger partial charge >= 0.3 is 0 Å². The molecule has 0 saturated heterocycles. The fourth-order valence-electron chi connectivity index (χ4n) is 3.43. The lowest BCUT2D eigenvalue weighted by Gasteiger charge is -2.33. The lowest BCUT2D eigenvalue weighted by atomic mass is 9.99. The summed E-state index contributed by atoms with van der Waals surface area (Å²) in [6.07, 6.45) is 0. The van der Waals surface area contributed by atoms with Gasteiger partial charge in [0.1, 0.15) is 10.9 Å². The van der Waals surface area contributed by atoms with Crippen molar-refractivity contribution in [1.82, 2.24) is 9.69 Å². The molecule has 0 aliphatic rings. The summed E-state index contributed by atoms with van der Waals surface area (Å²) in [5.74, 6) is -1.74. The van der Waals surface area contributed by atoms with E-state index >= 15 is 0 Å². The Morgan fingerprint density at radius 2 is 1.50 bits per heavy atom. The van der Waals surface area contributed by atoms with E-state index in [1.807, 2.05) is 71.0 Å². The Balaban J connectivity index is 2.22. The molecule has 0 aliphatic carbocycles. The predicted octanol–water partition coefficient (Wildman–Crippen LogP) is 3.74. The van der Waals surface area contributed by atoms with Crippen molar-refractivity contribution in [3.8, 4) is 0 Å². The monoisotopic (exact) mass is 479 g/mol. The van der Waals surface area contributed by atoms with Gasteiger partial charge in [0.05, 0.1) is 5.69 Å². The molecule has 5 N–H and O–H groups in total. The van der Waals surface area contributed by atoms with Gasteiger partial charge in [-0.3, -0.25) is 19.3 Å². The van der Waals surface area contributed by atoms with Crippen molar-refractivity contribution in [1.29, 1.82) is 0 Å². The van der Waals surface area contributed by atoms with Gasteiger partial charge in [-0.1, -0.05) is 47.5 Å². The number of anilines is 2. The maximum absolute atomic E-state index is 13.9. The fourth-order valence-corrected chi connectivity index (χ4v) is 4.17. The first-order chi connectivity index (χ1) is 15.9. The molecular weight excluding hydrogens is 450 g/mol. The van der Waals surface area contributed by atoms with Crippen LogP contribution in [0.1, 0.15) is 63.7 Å². The van der Waals surface area contributed by atoms with Crippen LogP contribution in [0.5, 0.6) is 0 Å². The van der Waals surface area contributed by atoms with E-state index in [9.17, 15) is 14.4 Å². The van der Waals surface area contributed by atoms with Gasteiger partial charge in [-0.05, 0) is 63.8 Å². The Hall–Kier alpha value is -3.72. The van der Waals surface area contributed by atoms with Crippen LogP contribution in [0, 0.1) is 13.8 Å². The Morgan fingerprint density at radius 3 is 1.97 bits per heavy atom. The topological polar surface area (TPSA) is 131 Å². The van der Waals surface area contributed by atoms with Gasteiger partial charge in [-0.2, -0.15) is 4.37 Å². The van der Waals surface area contributed by atoms with Gasteiger partial charge in [0.2, 0.25) is 5.91 Å². The minimum atomic E-state index is -1.01. The van der Waals surface area contributed by atoms with Crippen molar-refractivity contribution in [2.24, 2.45) is 5.73 Å². The predicted molar refractivity (Wildman–Crippen MR) is 135 cm³/mol. The first-order valence-corrected chi connectivity index (χ1v) is 11.5. The molecule has 0 fully saturated rings. The van der Waals surface area contributed by atoms with Gasteiger partial charge in [-0.15, -0.1) is 0 Å². The van der Waals surface area contributed by atoms with E-state index in [1.54, 1.807) is 12.1 Å². The van der Waals surface area contributed by atoms with Crippen LogP contribution >= 0.6 is 11.5 Å². The molecule has 178 valence electrons. The van der Waals surface area contributed by atoms with Crippen LogP contribution < -0.4 is 21.7 Å². The van der Waals surface area contributed by atoms with E-state index in [-0.39, 0.29) is 22.2 Å². The molecule has 3 rings (SSSR count). The number of carbonyl (C=O) groups is 3. The second-order valence-corrected chi connectivity index (χ2v) is 9.97. The number of nitrogens with two attached hydrogens (primary N) is 2. The maximum Gasteiger partial charge on any atom is 0.273 e. The summed E-state index contributed by atoms with van der Waals surface area (Å²) in [5, 5.41) is 2.99. The van der Waals surface area contributed by atoms with E-state index < -0.39 is 23.4 Å². The van der Waals surface area contributed by atoms with E-state index in [1.165, 1.54) is 4.90 Å². The first kappa shape index (κ1) is 24.9. The number of aromatic nitrogens is 1. The number of nitrogens with one attached hydrogen (secondary N) is 1. The fraction of sp³-hybridized carbons (Fsp3) is 0.280. The number of amides is 3. The average Bonchev–Trinajstić information content (AvgIpc) is 3.13. The SMILES string of the molecule is Cc1ccc(C(C(=O)NC(C)(C)C)N(C(=O)c2snc(C(N)=O)c2N)c2ccc(C)cc2)cc1. The smallest absolute Gasteiger partial charge is 0.273 e. The molecule has 3 amide bonds. The number of nitrogen functional groups attached to an aromatic ring is 1. The first-order valence-electron chi connectivity index (χ1n) is 10.7. The van der Waals surface area contributed by atoms with Crippen molar-refractivity contribution in [2.75, 3.05) is 10.6 Å². The van der Waals surface area contributed by atoms with E-state index in [0.717, 1.165) is 22.7 Å². The number of rotatable bonds is 6. The average molecular weight is 480 g/mol. The molecule has 34 heavy (non-hydrogen) atoms. The summed E-state index contributed by atoms with van der Waals surface area (Å²) in [6, 6.07) is 13.7. The number of aryl methyl sites for hydroxylation is 2. The Morgan fingerprint density at radius 1 is 0.971 bits per heavy atom. The lowest BCUT2D eigenvalue weighted by Crippen LogP contribution is -2.49. The van der Waals surface area contributed by atoms with E-state index in [0.29, 0.717) is 11.3 Å². The molecule has 8 nitrogen and oxygen atoms in total. The molecule has 1 unspecified atom stereocenters. The Kier molecular flexibility index (Phi) is 7.07. The normalized spacial score (nSPS) is 12.1. The van der Waals surface area contributed by atoms with Gasteiger partial charge in [0, 0.05) is 11.2 Å². The minimum Gasteiger partial charge on any atom is -0.395 e. The standard InChI is InChI=1S/C25H29N5O3S/c1-14-6-10-16(11-7-14)20(23(32)28-25(3,4)5)30(17-12-8-15(2)9-13-17)24(33)21-18(26)19(22(27)31)29-34-21/h6-13,20H,26H2,1-5H3,(H2,27,31)(H,28,32). The number of benzene rings is 2. The molecule has 0 radical (unpaired) electrons. The number of carbonyl (C=O) groups excluding carboxylic acids is 3. The summed E-state index contributed by atoms with van der Waals surface area (Å²) in [6.45, 7) is 9.49. The molecule has 1 heterocycles. The molecule has 1 aromatic heterocycles. The van der Waals surface area contributed by atoms with Crippen molar-refractivity contribution in [2.45, 2.75) is 46.2 Å². The van der Waals surface area contributed by atoms with Crippen LogP contribution in [0.3, 0.4) is 0 Å². The van der Waals surface area contributed by atoms with Crippen LogP contribution in [0.2, 0.25) is 0 Å². The molecule has 0 spiro atoms. The quantitative estimate of drug-likeness (QED) is 0.495. The van der Waals surface area contributed by atoms with E-state index in [4.69, 9.17) is 11.5 Å². The highest BCUT2D eigenvalue weighted by Gasteiger charge is 2.37. The van der Waals surface area contributed by atoms with Crippen LogP contribution in [-0.2, 0) is 4.79 Å². The van der Waals surface area contributed by atoms with Gasteiger partial charge < -0.3 is 16.8 Å². The summed E-state index contributed by atoms with van der Waals surface area (Å²) in [5.41, 5.74) is 13.8. The molecule has 1 atom stereocenters. The number of hydrogen-bond donors (Lipinski definition) is 3. The maximum atomic E-state index is 13.9. The van der Waals surface area contributed by atoms with Crippen LogP contribution in [0.15, 0.2) is 48.5 Å². The number of nitrogens with zero attached hydrogens (tertiary/aromatic N) is 2. The number of hydrogen-bond acceptors (Lipinski definition) is 6. The van der Waals surface area contributed by atoms with Gasteiger partial charge in [0.15, 0.2) is 5.69 Å². The van der Waals surface area contributed by atoms with Crippen LogP contribution in [-0.4, -0.2) is 27.6 Å². The summed E-state index contributed by atoms with van der Waals surface area (Å²) < 4.78 is 3.97. The molecule has 0 aliphatic heterocycles. The third kappa shape index (κ3) is 5.43. The van der Waals surface area contributed by atoms with Crippen molar-refractivity contribution in [3.63, 3.8) is 0 Å². The summed E-state index contributed by atoms with van der Waals surface area (Å²) >= 11 is 0.780. The summed E-state index contributed by atoms with van der Waals surface area (Å²) in [7, 11) is 0. The zero-order valence-corrected chi connectivity index (χ0v) is 20.7. The lowest BCUT2D eigenvalue weighted by molar-refractivity contribution is -0.123. The Labute approximate surface area is 203 Å². The third-order valence-electron chi connectivity index (χ3n) is 5.08. The van der Waals surface area contributed by atoms with Crippen LogP contribution in [0.25, 0.3) is 0 Å². The van der Waals surface area contributed by atoms with Crippen LogP contribution in [0.4, 0.5) is 11.4 Å². The molecule has 0 saturated carbocycles.